The molecule has 2 aliphatic heterocycles. The van der Waals surface area contributed by atoms with Crippen molar-refractivity contribution in [2.24, 2.45) is 5.73 Å². The summed E-state index contributed by atoms with van der Waals surface area (Å²) < 4.78 is 63.5. The average Bonchev–Trinajstić information content (AvgIpc) is 3.24. The van der Waals surface area contributed by atoms with Gasteiger partial charge in [-0.3, -0.25) is 23.9 Å². The number of nitrogens with zero attached hydrogens (tertiary/aromatic N) is 1. The fourth-order valence-electron chi connectivity index (χ4n) is 4.32. The van der Waals surface area contributed by atoms with E-state index in [1.54, 1.807) is 0 Å². The number of methoxy groups -OCH3 is 1. The van der Waals surface area contributed by atoms with E-state index in [-0.39, 0.29) is 5.69 Å². The van der Waals surface area contributed by atoms with Crippen molar-refractivity contribution in [2.45, 2.75) is 55.5 Å². The first kappa shape index (κ1) is 31.7. The lowest BCUT2D eigenvalue weighted by Crippen LogP contribution is -2.53. The summed E-state index contributed by atoms with van der Waals surface area (Å²) >= 11 is 0. The molecule has 1 saturated heterocycles. The number of primary amides is 1. The Balaban J connectivity index is 1.50. The summed E-state index contributed by atoms with van der Waals surface area (Å²) in [6.45, 7) is 0. The van der Waals surface area contributed by atoms with E-state index in [1.807, 2.05) is 4.98 Å². The Kier molecular flexibility index (Phi) is 9.23. The normalized spacial score (nSPS) is 28.0. The first-order valence-corrected chi connectivity index (χ1v) is 12.2. The molecule has 43 heavy (non-hydrogen) atoms. The summed E-state index contributed by atoms with van der Waals surface area (Å²) in [4.78, 5) is 50.8. The quantitative estimate of drug-likeness (QED) is 0.182. The van der Waals surface area contributed by atoms with Gasteiger partial charge in [0.05, 0.1) is 0 Å². The van der Waals surface area contributed by atoms with Crippen LogP contribution in [0.3, 0.4) is 0 Å². The van der Waals surface area contributed by atoms with Crippen LogP contribution in [0.15, 0.2) is 58.0 Å². The number of carbonyl (C=O) groups is 2. The van der Waals surface area contributed by atoms with Crippen molar-refractivity contribution >= 4 is 17.5 Å². The zero-order valence-electron chi connectivity index (χ0n) is 21.8. The second-order valence-electron chi connectivity index (χ2n) is 9.18. The number of aliphatic hydroxyl groups excluding tert-OH is 3. The lowest BCUT2D eigenvalue weighted by Gasteiger charge is -2.35. The average molecular weight is 618 g/mol. The Morgan fingerprint density at radius 1 is 1.12 bits per heavy atom. The number of H-pyrrole nitrogens is 1. The summed E-state index contributed by atoms with van der Waals surface area (Å²) in [5.74, 6) is -3.42. The first-order valence-electron chi connectivity index (χ1n) is 12.2. The van der Waals surface area contributed by atoms with Gasteiger partial charge in [0.1, 0.15) is 36.3 Å². The molecular weight excluding hydrogens is 593 g/mol. The molecule has 0 bridgehead atoms. The van der Waals surface area contributed by atoms with Crippen molar-refractivity contribution < 1.29 is 61.8 Å². The number of carbonyl (C=O) groups excluding carboxylic acids is 2. The van der Waals surface area contributed by atoms with Crippen LogP contribution in [0.2, 0.25) is 0 Å². The highest BCUT2D eigenvalue weighted by Gasteiger charge is 2.52. The predicted molar refractivity (Wildman–Crippen MR) is 133 cm³/mol. The molecule has 7 N–H and O–H groups in total. The van der Waals surface area contributed by atoms with Crippen LogP contribution in [0.4, 0.5) is 18.9 Å². The Hall–Kier alpha value is -4.27. The smallest absolute Gasteiger partial charge is 0.456 e. The van der Waals surface area contributed by atoms with E-state index in [9.17, 15) is 47.7 Å². The number of hydrogen-bond donors (Lipinski definition) is 6. The maximum atomic E-state index is 12.8. The molecule has 2 aliphatic rings. The molecule has 3 heterocycles. The number of alkyl halides is 3. The number of amides is 2. The molecule has 1 aromatic heterocycles. The van der Waals surface area contributed by atoms with Gasteiger partial charge in [-0.05, 0) is 30.3 Å². The number of benzene rings is 1. The summed E-state index contributed by atoms with van der Waals surface area (Å²) in [6, 6.07) is 5.01. The van der Waals surface area contributed by atoms with Crippen LogP contribution < -0.4 is 27.0 Å². The van der Waals surface area contributed by atoms with Crippen molar-refractivity contribution in [3.05, 3.63) is 69.2 Å². The zero-order chi connectivity index (χ0) is 31.6. The van der Waals surface area contributed by atoms with Crippen LogP contribution in [0.5, 0.6) is 5.75 Å². The fourth-order valence-corrected chi connectivity index (χ4v) is 4.32. The summed E-state index contributed by atoms with van der Waals surface area (Å²) in [6.07, 6.45) is -16.6. The van der Waals surface area contributed by atoms with Gasteiger partial charge in [0.25, 0.3) is 11.5 Å². The number of halogens is 3. The van der Waals surface area contributed by atoms with Crippen molar-refractivity contribution in [2.75, 3.05) is 12.4 Å². The van der Waals surface area contributed by atoms with E-state index in [0.29, 0.717) is 0 Å². The van der Waals surface area contributed by atoms with Crippen molar-refractivity contribution in [3.8, 4) is 5.75 Å². The van der Waals surface area contributed by atoms with E-state index >= 15 is 0 Å². The Morgan fingerprint density at radius 2 is 1.79 bits per heavy atom. The standard InChI is InChI=1S/C24H25F3N4O12/c1-39-16-15(35)21(31-7-6-13(33)30-23(31)38)41-17(16)18(19(28)36)42-22-14(34)11(32)8-12(40-22)20(37)29-9-2-4-10(5-3-9)43-24(25,26)27/h2-8,11,14-18,21-22,32,34-35H,1H3,(H2,28,36)(H,29,37)(H,30,33,38)/t11-,14-,15+,16-,17-,18+,21+,22+/m0/s1. The fraction of sp³-hybridized carbons (Fsp3) is 0.417. The molecule has 0 unspecified atom stereocenters. The molecule has 0 spiro atoms. The number of anilines is 1. The number of nitrogens with two attached hydrogens (primary N) is 1. The van der Waals surface area contributed by atoms with Gasteiger partial charge in [0.2, 0.25) is 12.2 Å². The van der Waals surface area contributed by atoms with Crippen LogP contribution in [0, 0.1) is 0 Å². The van der Waals surface area contributed by atoms with Crippen molar-refractivity contribution in [3.63, 3.8) is 0 Å². The maximum absolute atomic E-state index is 12.8. The molecule has 2 aromatic rings. The van der Waals surface area contributed by atoms with Gasteiger partial charge in [-0.1, -0.05) is 0 Å². The van der Waals surface area contributed by atoms with Crippen LogP contribution in [-0.2, 0) is 28.5 Å². The molecular formula is C24H25F3N4O12. The summed E-state index contributed by atoms with van der Waals surface area (Å²) in [5, 5.41) is 33.8. The predicted octanol–water partition coefficient (Wildman–Crippen LogP) is -1.82. The van der Waals surface area contributed by atoms with Crippen molar-refractivity contribution in [1.29, 1.82) is 0 Å². The van der Waals surface area contributed by atoms with E-state index in [1.165, 1.54) is 0 Å². The number of aliphatic hydroxyl groups is 3. The Labute approximate surface area is 238 Å². The maximum Gasteiger partial charge on any atom is 0.573 e. The topological polar surface area (TPSA) is 234 Å². The van der Waals surface area contributed by atoms with Crippen LogP contribution in [0.25, 0.3) is 0 Å². The Bertz CT molecular complexity index is 1480. The third-order valence-corrected chi connectivity index (χ3v) is 6.27. The second-order valence-corrected chi connectivity index (χ2v) is 9.18. The number of hydrogen-bond acceptors (Lipinski definition) is 12. The number of ether oxygens (including phenoxy) is 5. The minimum Gasteiger partial charge on any atom is -0.456 e. The zero-order valence-corrected chi connectivity index (χ0v) is 21.8. The number of nitrogens with one attached hydrogen (secondary N) is 2. The molecule has 234 valence electrons. The molecule has 0 radical (unpaired) electrons. The van der Waals surface area contributed by atoms with Gasteiger partial charge >= 0.3 is 12.1 Å². The van der Waals surface area contributed by atoms with E-state index in [2.05, 4.69) is 10.1 Å². The molecule has 16 nitrogen and oxygen atoms in total. The molecule has 19 heteroatoms. The van der Waals surface area contributed by atoms with Crippen molar-refractivity contribution in [1.82, 2.24) is 9.55 Å². The van der Waals surface area contributed by atoms with Gasteiger partial charge in [0.15, 0.2) is 18.1 Å². The Morgan fingerprint density at radius 3 is 2.37 bits per heavy atom. The second kappa shape index (κ2) is 12.5. The van der Waals surface area contributed by atoms with E-state index in [0.717, 1.165) is 54.3 Å². The highest BCUT2D eigenvalue weighted by molar-refractivity contribution is 6.02. The van der Waals surface area contributed by atoms with Crippen LogP contribution in [-0.4, -0.2) is 93.1 Å². The lowest BCUT2D eigenvalue weighted by molar-refractivity contribution is -0.274. The number of rotatable bonds is 9. The molecule has 4 rings (SSSR count). The van der Waals surface area contributed by atoms with Gasteiger partial charge in [0, 0.05) is 25.1 Å². The minimum absolute atomic E-state index is 0.00284. The SMILES string of the molecule is CO[C@H]1[C@@H](O)[C@H](n2ccc(=O)[nH]c2=O)O[C@@H]1[C@@H](O[C@H]1OC(C(=O)Nc2ccc(OC(F)(F)F)cc2)=C[C@H](O)[C@@H]1O)C(N)=O. The van der Waals surface area contributed by atoms with Gasteiger partial charge < -0.3 is 50.1 Å². The van der Waals surface area contributed by atoms with Crippen LogP contribution >= 0.6 is 0 Å². The van der Waals surface area contributed by atoms with E-state index < -0.39 is 90.1 Å². The molecule has 8 atom stereocenters. The van der Waals surface area contributed by atoms with E-state index in [4.69, 9.17) is 24.7 Å². The summed E-state index contributed by atoms with van der Waals surface area (Å²) in [5.41, 5.74) is 3.80. The molecule has 0 saturated carbocycles. The minimum atomic E-state index is -4.92. The number of aromatic amines is 1. The largest absolute Gasteiger partial charge is 0.573 e. The highest BCUT2D eigenvalue weighted by Crippen LogP contribution is 2.34. The number of aromatic nitrogens is 2. The molecule has 2 amide bonds. The first-order chi connectivity index (χ1) is 20.2. The van der Waals surface area contributed by atoms with Crippen LogP contribution in [0.1, 0.15) is 6.23 Å². The summed E-state index contributed by atoms with van der Waals surface area (Å²) in [7, 11) is 1.14. The highest BCUT2D eigenvalue weighted by atomic mass is 19.4. The van der Waals surface area contributed by atoms with Gasteiger partial charge in [-0.25, -0.2) is 4.79 Å². The third kappa shape index (κ3) is 7.21. The third-order valence-electron chi connectivity index (χ3n) is 6.27. The monoisotopic (exact) mass is 618 g/mol. The lowest BCUT2D eigenvalue weighted by atomic mass is 10.0. The van der Waals surface area contributed by atoms with Gasteiger partial charge in [-0.15, -0.1) is 13.2 Å². The van der Waals surface area contributed by atoms with Gasteiger partial charge in [-0.2, -0.15) is 0 Å². The molecule has 1 aromatic carbocycles. The molecule has 1 fully saturated rings. The molecule has 0 aliphatic carbocycles.